The molecule has 0 unspecified atom stereocenters. The van der Waals surface area contributed by atoms with Crippen LogP contribution in [0.25, 0.3) is 0 Å². The average Bonchev–Trinajstić information content (AvgIpc) is 2.48. The Morgan fingerprint density at radius 1 is 1.38 bits per heavy atom. The van der Waals surface area contributed by atoms with Crippen molar-refractivity contribution in [3.63, 3.8) is 0 Å². The number of piperidine rings is 1. The van der Waals surface area contributed by atoms with Gasteiger partial charge in [0.2, 0.25) is 11.8 Å². The highest BCUT2D eigenvalue weighted by molar-refractivity contribution is 5.84. The molecule has 0 radical (unpaired) electrons. The van der Waals surface area contributed by atoms with Crippen LogP contribution in [0.2, 0.25) is 0 Å². The number of nitrogens with zero attached hydrogens (tertiary/aromatic N) is 1. The summed E-state index contributed by atoms with van der Waals surface area (Å²) in [5.74, 6) is -0.297. The maximum atomic E-state index is 12.7. The molecule has 1 fully saturated rings. The third kappa shape index (κ3) is 4.04. The number of nitrogens with one attached hydrogen (secondary N) is 1. The van der Waals surface area contributed by atoms with Crippen LogP contribution >= 0.6 is 0 Å². The Morgan fingerprint density at radius 2 is 2.10 bits per heavy atom. The van der Waals surface area contributed by atoms with Gasteiger partial charge in [-0.25, -0.2) is 0 Å². The number of likely N-dealkylation sites (tertiary alicyclic amines) is 1. The topological polar surface area (TPSA) is 75.4 Å². The Hall–Kier alpha value is -1.88. The number of rotatable bonds is 4. The minimum absolute atomic E-state index is 0.0484. The molecule has 5 nitrogen and oxygen atoms in total. The molecule has 3 N–H and O–H groups in total. The molecule has 1 heterocycles. The molecule has 0 bridgehead atoms. The van der Waals surface area contributed by atoms with Gasteiger partial charge in [0.05, 0.1) is 5.92 Å². The van der Waals surface area contributed by atoms with Crippen LogP contribution in [0.15, 0.2) is 30.3 Å². The smallest absolute Gasteiger partial charge is 0.231 e. The van der Waals surface area contributed by atoms with Gasteiger partial charge in [-0.2, -0.15) is 0 Å². The van der Waals surface area contributed by atoms with Crippen LogP contribution in [0.4, 0.5) is 0 Å². The van der Waals surface area contributed by atoms with Crippen molar-refractivity contribution < 1.29 is 9.59 Å². The fraction of sp³-hybridized carbons (Fsp3) is 0.500. The van der Waals surface area contributed by atoms with Crippen molar-refractivity contribution in [2.75, 3.05) is 19.6 Å². The molecule has 0 aliphatic carbocycles. The summed E-state index contributed by atoms with van der Waals surface area (Å²) in [6.07, 6.45) is 1.82. The standard InChI is InChI=1S/C16H23N3O2/c1-12(20)18-14-8-5-9-19(11-14)16(21)15(10-17)13-6-3-2-4-7-13/h2-4,6-7,14-15H,5,8-11,17H2,1H3,(H,18,20)/t14-,15+/m1/s1. The first-order valence-corrected chi connectivity index (χ1v) is 7.42. The summed E-state index contributed by atoms with van der Waals surface area (Å²) in [5.41, 5.74) is 6.76. The molecule has 2 atom stereocenters. The molecule has 2 rings (SSSR count). The first-order valence-electron chi connectivity index (χ1n) is 7.42. The van der Waals surface area contributed by atoms with Crippen LogP contribution in [0.3, 0.4) is 0 Å². The van der Waals surface area contributed by atoms with Gasteiger partial charge in [0.25, 0.3) is 0 Å². The number of hydrogen-bond donors (Lipinski definition) is 2. The maximum Gasteiger partial charge on any atom is 0.231 e. The van der Waals surface area contributed by atoms with Gasteiger partial charge in [-0.3, -0.25) is 9.59 Å². The first-order chi connectivity index (χ1) is 10.1. The fourth-order valence-electron chi connectivity index (χ4n) is 2.87. The van der Waals surface area contributed by atoms with Gasteiger partial charge in [-0.05, 0) is 18.4 Å². The van der Waals surface area contributed by atoms with Crippen molar-refractivity contribution in [1.29, 1.82) is 0 Å². The van der Waals surface area contributed by atoms with E-state index in [4.69, 9.17) is 5.73 Å². The van der Waals surface area contributed by atoms with Crippen LogP contribution in [-0.4, -0.2) is 42.4 Å². The number of hydrogen-bond acceptors (Lipinski definition) is 3. The molecule has 5 heteroatoms. The van der Waals surface area contributed by atoms with E-state index in [9.17, 15) is 9.59 Å². The summed E-state index contributed by atoms with van der Waals surface area (Å²) in [6.45, 7) is 3.11. The third-order valence-corrected chi connectivity index (χ3v) is 3.88. The average molecular weight is 289 g/mol. The first kappa shape index (κ1) is 15.5. The van der Waals surface area contributed by atoms with Crippen molar-refractivity contribution >= 4 is 11.8 Å². The van der Waals surface area contributed by atoms with Crippen LogP contribution in [0, 0.1) is 0 Å². The van der Waals surface area contributed by atoms with Crippen molar-refractivity contribution in [2.24, 2.45) is 5.73 Å². The number of benzene rings is 1. The van der Waals surface area contributed by atoms with E-state index in [1.54, 1.807) is 0 Å². The molecule has 114 valence electrons. The van der Waals surface area contributed by atoms with E-state index in [1.807, 2.05) is 35.2 Å². The lowest BCUT2D eigenvalue weighted by Crippen LogP contribution is -2.50. The summed E-state index contributed by atoms with van der Waals surface area (Å²) in [7, 11) is 0. The minimum atomic E-state index is -0.303. The number of nitrogens with two attached hydrogens (primary N) is 1. The SMILES string of the molecule is CC(=O)N[C@@H]1CCCN(C(=O)[C@@H](CN)c2ccccc2)C1. The molecule has 1 aromatic carbocycles. The quantitative estimate of drug-likeness (QED) is 0.863. The van der Waals surface area contributed by atoms with Crippen molar-refractivity contribution in [3.8, 4) is 0 Å². The molecule has 0 aromatic heterocycles. The van der Waals surface area contributed by atoms with E-state index >= 15 is 0 Å². The summed E-state index contributed by atoms with van der Waals surface area (Å²) in [4.78, 5) is 25.7. The van der Waals surface area contributed by atoms with Crippen LogP contribution in [0.1, 0.15) is 31.2 Å². The zero-order valence-corrected chi connectivity index (χ0v) is 12.4. The highest BCUT2D eigenvalue weighted by atomic mass is 16.2. The van der Waals surface area contributed by atoms with Crippen LogP contribution < -0.4 is 11.1 Å². The molecule has 1 aromatic rings. The van der Waals surface area contributed by atoms with Gasteiger partial charge in [0.1, 0.15) is 0 Å². The maximum absolute atomic E-state index is 12.7. The van der Waals surface area contributed by atoms with Crippen LogP contribution in [-0.2, 0) is 9.59 Å². The highest BCUT2D eigenvalue weighted by Gasteiger charge is 2.29. The molecular formula is C16H23N3O2. The van der Waals surface area contributed by atoms with E-state index in [0.29, 0.717) is 13.1 Å². The lowest BCUT2D eigenvalue weighted by Gasteiger charge is -2.35. The van der Waals surface area contributed by atoms with Gasteiger partial charge in [-0.1, -0.05) is 30.3 Å². The van der Waals surface area contributed by atoms with Crippen molar-refractivity contribution in [1.82, 2.24) is 10.2 Å². The summed E-state index contributed by atoms with van der Waals surface area (Å²) in [5, 5.41) is 2.90. The van der Waals surface area contributed by atoms with Crippen molar-refractivity contribution in [3.05, 3.63) is 35.9 Å². The Kier molecular flexibility index (Phi) is 5.33. The zero-order chi connectivity index (χ0) is 15.2. The molecule has 2 amide bonds. The Labute approximate surface area is 125 Å². The minimum Gasteiger partial charge on any atom is -0.352 e. The molecule has 0 spiro atoms. The number of carbonyl (C=O) groups is 2. The van der Waals surface area contributed by atoms with E-state index in [1.165, 1.54) is 6.92 Å². The predicted molar refractivity (Wildman–Crippen MR) is 81.7 cm³/mol. The normalized spacial score (nSPS) is 19.9. The lowest BCUT2D eigenvalue weighted by molar-refractivity contribution is -0.134. The second-order valence-electron chi connectivity index (χ2n) is 5.52. The number of carbonyl (C=O) groups excluding carboxylic acids is 2. The molecule has 1 aliphatic heterocycles. The summed E-state index contributed by atoms with van der Waals surface area (Å²) in [6, 6.07) is 9.68. The Balaban J connectivity index is 2.05. The van der Waals surface area contributed by atoms with E-state index in [0.717, 1.165) is 24.9 Å². The largest absolute Gasteiger partial charge is 0.352 e. The molecular weight excluding hydrogens is 266 g/mol. The van der Waals surface area contributed by atoms with Gasteiger partial charge < -0.3 is 16.0 Å². The third-order valence-electron chi connectivity index (χ3n) is 3.88. The monoisotopic (exact) mass is 289 g/mol. The van der Waals surface area contributed by atoms with Gasteiger partial charge in [0.15, 0.2) is 0 Å². The molecule has 0 saturated carbocycles. The Morgan fingerprint density at radius 3 is 2.71 bits per heavy atom. The van der Waals surface area contributed by atoms with Gasteiger partial charge in [-0.15, -0.1) is 0 Å². The highest BCUT2D eigenvalue weighted by Crippen LogP contribution is 2.20. The zero-order valence-electron chi connectivity index (χ0n) is 12.4. The van der Waals surface area contributed by atoms with E-state index < -0.39 is 0 Å². The fourth-order valence-corrected chi connectivity index (χ4v) is 2.87. The van der Waals surface area contributed by atoms with E-state index in [-0.39, 0.29) is 23.8 Å². The van der Waals surface area contributed by atoms with Gasteiger partial charge in [0, 0.05) is 32.6 Å². The molecule has 1 saturated heterocycles. The summed E-state index contributed by atoms with van der Waals surface area (Å²) >= 11 is 0. The lowest BCUT2D eigenvalue weighted by atomic mass is 9.96. The second kappa shape index (κ2) is 7.22. The van der Waals surface area contributed by atoms with Crippen molar-refractivity contribution in [2.45, 2.75) is 31.7 Å². The molecule has 1 aliphatic rings. The summed E-state index contributed by atoms with van der Waals surface area (Å²) < 4.78 is 0. The van der Waals surface area contributed by atoms with Crippen LogP contribution in [0.5, 0.6) is 0 Å². The van der Waals surface area contributed by atoms with E-state index in [2.05, 4.69) is 5.32 Å². The van der Waals surface area contributed by atoms with Gasteiger partial charge >= 0.3 is 0 Å². The second-order valence-corrected chi connectivity index (χ2v) is 5.52. The predicted octanol–water partition coefficient (Wildman–Crippen LogP) is 0.856. The number of amides is 2. The molecule has 21 heavy (non-hydrogen) atoms. The Bertz CT molecular complexity index is 490.